The molecule has 1 fully saturated rings. The predicted octanol–water partition coefficient (Wildman–Crippen LogP) is 4.11. The highest BCUT2D eigenvalue weighted by molar-refractivity contribution is 14.1. The van der Waals surface area contributed by atoms with Crippen LogP contribution in [0.4, 0.5) is 0 Å². The van der Waals surface area contributed by atoms with Crippen LogP contribution in [0, 0.1) is 5.41 Å². The smallest absolute Gasteiger partial charge is 0.0240 e. The molecule has 1 nitrogen and oxygen atoms in total. The molecule has 2 rings (SSSR count). The van der Waals surface area contributed by atoms with E-state index in [-0.39, 0.29) is 0 Å². The molecule has 17 heavy (non-hydrogen) atoms. The lowest BCUT2D eigenvalue weighted by molar-refractivity contribution is -0.0408. The first-order valence-electron chi connectivity index (χ1n) is 6.38. The number of nitrogens with zero attached hydrogens (tertiary/aromatic N) is 1. The molecule has 2 heteroatoms. The average Bonchev–Trinajstić information content (AvgIpc) is 2.25. The van der Waals surface area contributed by atoms with E-state index in [1.807, 2.05) is 0 Å². The van der Waals surface area contributed by atoms with Crippen LogP contribution in [0.5, 0.6) is 0 Å². The van der Waals surface area contributed by atoms with Crippen molar-refractivity contribution in [3.8, 4) is 0 Å². The molecule has 0 aliphatic carbocycles. The van der Waals surface area contributed by atoms with Crippen molar-refractivity contribution >= 4 is 22.6 Å². The molecular formula is C15H22IN. The summed E-state index contributed by atoms with van der Waals surface area (Å²) >= 11 is 2.52. The number of halogens is 1. The van der Waals surface area contributed by atoms with Gasteiger partial charge in [0.1, 0.15) is 0 Å². The summed E-state index contributed by atoms with van der Waals surface area (Å²) in [6.45, 7) is 8.19. The Morgan fingerprint density at radius 3 is 2.41 bits per heavy atom. The number of rotatable bonds is 3. The topological polar surface area (TPSA) is 3.24 Å². The van der Waals surface area contributed by atoms with Crippen LogP contribution < -0.4 is 0 Å². The molecule has 0 aromatic heterocycles. The van der Waals surface area contributed by atoms with Gasteiger partial charge in [0.25, 0.3) is 0 Å². The fraction of sp³-hybridized carbons (Fsp3) is 0.600. The number of benzene rings is 1. The molecule has 0 radical (unpaired) electrons. The lowest BCUT2D eigenvalue weighted by Crippen LogP contribution is -2.61. The molecule has 1 aliphatic rings. The summed E-state index contributed by atoms with van der Waals surface area (Å²) in [7, 11) is 0. The molecule has 0 N–H and O–H groups in total. The fourth-order valence-corrected chi connectivity index (χ4v) is 3.55. The Bertz CT molecular complexity index is 355. The summed E-state index contributed by atoms with van der Waals surface area (Å²) in [5.74, 6) is 0. The second-order valence-electron chi connectivity index (χ2n) is 6.08. The predicted molar refractivity (Wildman–Crippen MR) is 82.5 cm³/mol. The second-order valence-corrected chi connectivity index (χ2v) is 6.96. The van der Waals surface area contributed by atoms with Gasteiger partial charge in [-0.15, -0.1) is 0 Å². The molecule has 1 aromatic rings. The minimum atomic E-state index is 0.400. The number of hydrogen-bond donors (Lipinski definition) is 0. The van der Waals surface area contributed by atoms with Crippen molar-refractivity contribution in [3.05, 3.63) is 35.9 Å². The van der Waals surface area contributed by atoms with Gasteiger partial charge in [-0.3, -0.25) is 4.90 Å². The zero-order chi connectivity index (χ0) is 12.5. The number of alkyl halides is 1. The minimum absolute atomic E-state index is 0.400. The van der Waals surface area contributed by atoms with E-state index in [0.29, 0.717) is 5.41 Å². The molecule has 0 saturated carbocycles. The highest BCUT2D eigenvalue weighted by Crippen LogP contribution is 2.39. The van der Waals surface area contributed by atoms with Crippen molar-refractivity contribution in [2.45, 2.75) is 45.8 Å². The normalized spacial score (nSPS) is 25.6. The third-order valence-electron chi connectivity index (χ3n) is 3.75. The van der Waals surface area contributed by atoms with Crippen LogP contribution in [-0.4, -0.2) is 21.4 Å². The van der Waals surface area contributed by atoms with Gasteiger partial charge in [0, 0.05) is 23.1 Å². The van der Waals surface area contributed by atoms with Crippen LogP contribution in [0.25, 0.3) is 0 Å². The molecule has 1 saturated heterocycles. The van der Waals surface area contributed by atoms with Gasteiger partial charge in [-0.2, -0.15) is 0 Å². The molecule has 1 heterocycles. The third-order valence-corrected chi connectivity index (χ3v) is 4.77. The first kappa shape index (κ1) is 13.3. The maximum Gasteiger partial charge on any atom is 0.0240 e. The van der Waals surface area contributed by atoms with Gasteiger partial charge in [-0.25, -0.2) is 0 Å². The van der Waals surface area contributed by atoms with Crippen molar-refractivity contribution < 1.29 is 0 Å². The van der Waals surface area contributed by atoms with Gasteiger partial charge < -0.3 is 0 Å². The monoisotopic (exact) mass is 343 g/mol. The van der Waals surface area contributed by atoms with Gasteiger partial charge in [-0.1, -0.05) is 73.7 Å². The summed E-state index contributed by atoms with van der Waals surface area (Å²) in [6, 6.07) is 12.4. The Hall–Kier alpha value is -0.0900. The Morgan fingerprint density at radius 1 is 1.24 bits per heavy atom. The Morgan fingerprint density at radius 2 is 1.88 bits per heavy atom. The van der Waals surface area contributed by atoms with Crippen molar-refractivity contribution in [2.75, 3.05) is 4.43 Å². The maximum absolute atomic E-state index is 2.68. The van der Waals surface area contributed by atoms with Crippen LogP contribution >= 0.6 is 22.6 Å². The molecule has 0 bridgehead atoms. The SMILES string of the molecule is CC(C)(C)[C@H]1C[C@@H](CI)N1Cc1ccccc1. The lowest BCUT2D eigenvalue weighted by atomic mass is 9.75. The Balaban J connectivity index is 2.06. The van der Waals surface area contributed by atoms with E-state index in [1.165, 1.54) is 16.4 Å². The van der Waals surface area contributed by atoms with Crippen LogP contribution in [0.3, 0.4) is 0 Å². The van der Waals surface area contributed by atoms with Crippen molar-refractivity contribution in [1.29, 1.82) is 0 Å². The largest absolute Gasteiger partial charge is 0.292 e. The summed E-state index contributed by atoms with van der Waals surface area (Å²) < 4.78 is 1.25. The van der Waals surface area contributed by atoms with Crippen LogP contribution in [0.2, 0.25) is 0 Å². The van der Waals surface area contributed by atoms with E-state index in [4.69, 9.17) is 0 Å². The Kier molecular flexibility index (Phi) is 4.14. The summed E-state index contributed by atoms with van der Waals surface area (Å²) in [6.07, 6.45) is 1.36. The Labute approximate surface area is 119 Å². The highest BCUT2D eigenvalue weighted by atomic mass is 127. The van der Waals surface area contributed by atoms with E-state index in [0.717, 1.165) is 18.6 Å². The van der Waals surface area contributed by atoms with Gasteiger partial charge >= 0.3 is 0 Å². The standard InChI is InChI=1S/C15H22IN/c1-15(2,3)14-9-13(10-16)17(14)11-12-7-5-4-6-8-12/h4-8,13-14H,9-11H2,1-3H3/t13-,14+/m0/s1. The first-order valence-corrected chi connectivity index (χ1v) is 7.90. The molecule has 0 spiro atoms. The molecule has 2 atom stereocenters. The maximum atomic E-state index is 2.68. The highest BCUT2D eigenvalue weighted by Gasteiger charge is 2.43. The molecule has 1 aromatic carbocycles. The van der Waals surface area contributed by atoms with Gasteiger partial charge in [0.05, 0.1) is 0 Å². The van der Waals surface area contributed by atoms with E-state index in [9.17, 15) is 0 Å². The van der Waals surface area contributed by atoms with Crippen LogP contribution in [0.1, 0.15) is 32.8 Å². The van der Waals surface area contributed by atoms with Gasteiger partial charge in [0.2, 0.25) is 0 Å². The molecule has 0 amide bonds. The number of likely N-dealkylation sites (tertiary alicyclic amines) is 1. The van der Waals surface area contributed by atoms with Crippen molar-refractivity contribution in [2.24, 2.45) is 5.41 Å². The first-order chi connectivity index (χ1) is 8.02. The quantitative estimate of drug-likeness (QED) is 0.590. The molecular weight excluding hydrogens is 321 g/mol. The average molecular weight is 343 g/mol. The van der Waals surface area contributed by atoms with Gasteiger partial charge in [0.15, 0.2) is 0 Å². The zero-order valence-corrected chi connectivity index (χ0v) is 13.1. The second kappa shape index (κ2) is 5.27. The van der Waals surface area contributed by atoms with Crippen molar-refractivity contribution in [3.63, 3.8) is 0 Å². The minimum Gasteiger partial charge on any atom is -0.292 e. The van der Waals surface area contributed by atoms with E-state index < -0.39 is 0 Å². The third kappa shape index (κ3) is 3.02. The van der Waals surface area contributed by atoms with E-state index in [2.05, 4.69) is 78.6 Å². The van der Waals surface area contributed by atoms with Gasteiger partial charge in [-0.05, 0) is 17.4 Å². The van der Waals surface area contributed by atoms with Crippen LogP contribution in [-0.2, 0) is 6.54 Å². The summed E-state index contributed by atoms with van der Waals surface area (Å²) in [5.41, 5.74) is 1.84. The van der Waals surface area contributed by atoms with Crippen molar-refractivity contribution in [1.82, 2.24) is 4.90 Å². The fourth-order valence-electron chi connectivity index (χ4n) is 2.68. The summed E-state index contributed by atoms with van der Waals surface area (Å²) in [4.78, 5) is 2.68. The molecule has 94 valence electrons. The van der Waals surface area contributed by atoms with E-state index in [1.54, 1.807) is 0 Å². The molecule has 0 unspecified atom stereocenters. The van der Waals surface area contributed by atoms with Crippen LogP contribution in [0.15, 0.2) is 30.3 Å². The summed E-state index contributed by atoms with van der Waals surface area (Å²) in [5, 5.41) is 0. The number of hydrogen-bond acceptors (Lipinski definition) is 1. The molecule has 1 aliphatic heterocycles. The van der Waals surface area contributed by atoms with E-state index >= 15 is 0 Å². The zero-order valence-electron chi connectivity index (χ0n) is 11.0. The lowest BCUT2D eigenvalue weighted by Gasteiger charge is -2.54.